The van der Waals surface area contributed by atoms with Gasteiger partial charge in [0.1, 0.15) is 4.90 Å². The van der Waals surface area contributed by atoms with Crippen LogP contribution in [0, 0.1) is 12.8 Å². The zero-order chi connectivity index (χ0) is 16.6. The van der Waals surface area contributed by atoms with E-state index in [1.165, 1.54) is 6.07 Å². The summed E-state index contributed by atoms with van der Waals surface area (Å²) in [5.74, 6) is -0.914. The molecule has 1 aromatic heterocycles. The van der Waals surface area contributed by atoms with E-state index in [0.717, 1.165) is 10.9 Å². The Balaban J connectivity index is 1.87. The average Bonchev–Trinajstić information content (AvgIpc) is 3.25. The number of aromatic nitrogens is 1. The Hall–Kier alpha value is -1.99. The molecule has 6 nitrogen and oxygen atoms in total. The lowest BCUT2D eigenvalue weighted by atomic mass is 10.2. The summed E-state index contributed by atoms with van der Waals surface area (Å²) in [6, 6.07) is 6.74. The third kappa shape index (κ3) is 3.20. The van der Waals surface area contributed by atoms with Crippen molar-refractivity contribution in [3.8, 4) is 0 Å². The van der Waals surface area contributed by atoms with Gasteiger partial charge in [-0.15, -0.1) is 0 Å². The second kappa shape index (κ2) is 5.90. The van der Waals surface area contributed by atoms with E-state index in [2.05, 4.69) is 9.71 Å². The number of nitrogens with one attached hydrogen (secondary N) is 1. The highest BCUT2D eigenvalue weighted by atomic mass is 32.2. The second-order valence-electron chi connectivity index (χ2n) is 5.65. The second-order valence-corrected chi connectivity index (χ2v) is 7.30. The maximum atomic E-state index is 12.5. The zero-order valence-corrected chi connectivity index (χ0v) is 13.8. The molecule has 1 fully saturated rings. The van der Waals surface area contributed by atoms with Crippen LogP contribution in [0.4, 0.5) is 0 Å². The quantitative estimate of drug-likeness (QED) is 0.901. The van der Waals surface area contributed by atoms with Crippen LogP contribution in [0.25, 0.3) is 10.9 Å². The summed E-state index contributed by atoms with van der Waals surface area (Å²) in [5.41, 5.74) is 1.30. The summed E-state index contributed by atoms with van der Waals surface area (Å²) in [5, 5.41) is 0.721. The molecule has 23 heavy (non-hydrogen) atoms. The molecule has 0 spiro atoms. The molecule has 1 heterocycles. The van der Waals surface area contributed by atoms with Crippen LogP contribution in [-0.2, 0) is 19.6 Å². The minimum atomic E-state index is -3.96. The molecule has 1 N–H and O–H groups in total. The topological polar surface area (TPSA) is 85.4 Å². The lowest BCUT2D eigenvalue weighted by Gasteiger charge is -2.09. The normalized spacial score (nSPS) is 20.4. The van der Waals surface area contributed by atoms with Gasteiger partial charge in [-0.2, -0.15) is 0 Å². The zero-order valence-electron chi connectivity index (χ0n) is 12.9. The van der Waals surface area contributed by atoms with Crippen molar-refractivity contribution in [1.82, 2.24) is 9.71 Å². The number of nitrogens with zero attached hydrogens (tertiary/aromatic N) is 1. The van der Waals surface area contributed by atoms with Gasteiger partial charge < -0.3 is 4.74 Å². The van der Waals surface area contributed by atoms with Crippen molar-refractivity contribution in [2.45, 2.75) is 31.3 Å². The van der Waals surface area contributed by atoms with Crippen LogP contribution < -0.4 is 4.72 Å². The smallest absolute Gasteiger partial charge is 0.266 e. The molecule has 7 heteroatoms. The molecule has 0 aliphatic heterocycles. The molecule has 122 valence electrons. The van der Waals surface area contributed by atoms with Crippen molar-refractivity contribution in [3.63, 3.8) is 0 Å². The number of amides is 1. The largest absolute Gasteiger partial charge is 0.378 e. The number of hydrogen-bond acceptors (Lipinski definition) is 5. The Morgan fingerprint density at radius 3 is 2.96 bits per heavy atom. The highest BCUT2D eigenvalue weighted by Crippen LogP contribution is 2.34. The van der Waals surface area contributed by atoms with Crippen LogP contribution >= 0.6 is 0 Å². The molecule has 0 radical (unpaired) electrons. The Bertz CT molecular complexity index is 864. The van der Waals surface area contributed by atoms with E-state index in [0.29, 0.717) is 18.5 Å². The van der Waals surface area contributed by atoms with E-state index >= 15 is 0 Å². The monoisotopic (exact) mass is 334 g/mol. The molecule has 2 unspecified atom stereocenters. The van der Waals surface area contributed by atoms with Gasteiger partial charge in [0.2, 0.25) is 5.91 Å². The van der Waals surface area contributed by atoms with E-state index in [-0.39, 0.29) is 11.0 Å². The van der Waals surface area contributed by atoms with E-state index in [1.807, 2.05) is 19.9 Å². The van der Waals surface area contributed by atoms with E-state index in [1.54, 1.807) is 18.3 Å². The van der Waals surface area contributed by atoms with Crippen molar-refractivity contribution < 1.29 is 17.9 Å². The van der Waals surface area contributed by atoms with Crippen molar-refractivity contribution in [2.24, 2.45) is 5.92 Å². The van der Waals surface area contributed by atoms with Crippen molar-refractivity contribution in [2.75, 3.05) is 6.61 Å². The van der Waals surface area contributed by atoms with Gasteiger partial charge in [-0.3, -0.25) is 9.78 Å². The van der Waals surface area contributed by atoms with Crippen LogP contribution in [-0.4, -0.2) is 32.0 Å². The number of benzene rings is 1. The predicted molar refractivity (Wildman–Crippen MR) is 85.3 cm³/mol. The maximum Gasteiger partial charge on any atom is 0.266 e. The first kappa shape index (κ1) is 15.9. The van der Waals surface area contributed by atoms with Crippen molar-refractivity contribution >= 4 is 26.8 Å². The number of ether oxygens (including phenoxy) is 1. The summed E-state index contributed by atoms with van der Waals surface area (Å²) in [4.78, 5) is 16.3. The Kier molecular flexibility index (Phi) is 4.08. The minimum absolute atomic E-state index is 0.0111. The first-order valence-electron chi connectivity index (χ1n) is 7.46. The average molecular weight is 334 g/mol. The molecule has 1 saturated carbocycles. The Morgan fingerprint density at radius 1 is 1.43 bits per heavy atom. The highest BCUT2D eigenvalue weighted by Gasteiger charge is 2.45. The number of aryl methyl sites for hydroxylation is 1. The van der Waals surface area contributed by atoms with Gasteiger partial charge in [0.25, 0.3) is 10.0 Å². The standard InChI is InChI=1S/C16H18N2O4S/c1-3-22-13-8-12(13)16(19)18-23(20,21)14-6-4-5-11-7-10(2)9-17-15(11)14/h4-7,9,12-13H,3,8H2,1-2H3,(H,18,19). The molecule has 1 aromatic carbocycles. The number of carbonyl (C=O) groups is 1. The van der Waals surface area contributed by atoms with Crippen LogP contribution in [0.15, 0.2) is 35.4 Å². The van der Waals surface area contributed by atoms with Gasteiger partial charge in [0.05, 0.1) is 17.5 Å². The SMILES string of the molecule is CCOC1CC1C(=O)NS(=O)(=O)c1cccc2cc(C)cnc12. The summed E-state index contributed by atoms with van der Waals surface area (Å²) >= 11 is 0. The van der Waals surface area contributed by atoms with Gasteiger partial charge in [0.15, 0.2) is 0 Å². The van der Waals surface area contributed by atoms with Gasteiger partial charge in [-0.05, 0) is 38.0 Å². The number of rotatable bonds is 5. The summed E-state index contributed by atoms with van der Waals surface area (Å²) in [6.07, 6.45) is 1.99. The molecule has 2 atom stereocenters. The first-order chi connectivity index (χ1) is 10.9. The fraction of sp³-hybridized carbons (Fsp3) is 0.375. The summed E-state index contributed by atoms with van der Waals surface area (Å²) in [6.45, 7) is 4.23. The van der Waals surface area contributed by atoms with E-state index < -0.39 is 21.8 Å². The van der Waals surface area contributed by atoms with E-state index in [4.69, 9.17) is 4.74 Å². The lowest BCUT2D eigenvalue weighted by molar-refractivity contribution is -0.121. The highest BCUT2D eigenvalue weighted by molar-refractivity contribution is 7.90. The van der Waals surface area contributed by atoms with Crippen LogP contribution in [0.5, 0.6) is 0 Å². The number of sulfonamides is 1. The van der Waals surface area contributed by atoms with Crippen molar-refractivity contribution in [1.29, 1.82) is 0 Å². The molecule has 1 amide bonds. The summed E-state index contributed by atoms with van der Waals surface area (Å²) in [7, 11) is -3.96. The molecule has 2 aromatic rings. The third-order valence-corrected chi connectivity index (χ3v) is 5.16. The summed E-state index contributed by atoms with van der Waals surface area (Å²) < 4.78 is 32.5. The number of fused-ring (bicyclic) bond motifs is 1. The molecule has 0 saturated heterocycles. The molecule has 1 aliphatic rings. The fourth-order valence-corrected chi connectivity index (χ4v) is 3.78. The predicted octanol–water partition coefficient (Wildman–Crippen LogP) is 1.77. The molecule has 1 aliphatic carbocycles. The third-order valence-electron chi connectivity index (χ3n) is 3.78. The van der Waals surface area contributed by atoms with Gasteiger partial charge in [-0.25, -0.2) is 13.1 Å². The molecule has 0 bridgehead atoms. The maximum absolute atomic E-state index is 12.5. The Labute approximate surface area is 134 Å². The number of hydrogen-bond donors (Lipinski definition) is 1. The van der Waals surface area contributed by atoms with E-state index in [9.17, 15) is 13.2 Å². The van der Waals surface area contributed by atoms with Crippen LogP contribution in [0.3, 0.4) is 0 Å². The van der Waals surface area contributed by atoms with Gasteiger partial charge in [0, 0.05) is 18.2 Å². The number of para-hydroxylation sites is 1. The molecule has 3 rings (SSSR count). The van der Waals surface area contributed by atoms with Crippen molar-refractivity contribution in [3.05, 3.63) is 36.0 Å². The van der Waals surface area contributed by atoms with Crippen LogP contribution in [0.2, 0.25) is 0 Å². The lowest BCUT2D eigenvalue weighted by Crippen LogP contribution is -2.33. The number of pyridine rings is 1. The Morgan fingerprint density at radius 2 is 2.22 bits per heavy atom. The molecular weight excluding hydrogens is 316 g/mol. The van der Waals surface area contributed by atoms with Gasteiger partial charge >= 0.3 is 0 Å². The van der Waals surface area contributed by atoms with Crippen LogP contribution in [0.1, 0.15) is 18.9 Å². The number of carbonyl (C=O) groups excluding carboxylic acids is 1. The first-order valence-corrected chi connectivity index (χ1v) is 8.94. The fourth-order valence-electron chi connectivity index (χ4n) is 2.57. The molecular formula is C16H18N2O4S. The minimum Gasteiger partial charge on any atom is -0.378 e. The van der Waals surface area contributed by atoms with Gasteiger partial charge in [-0.1, -0.05) is 12.1 Å².